The van der Waals surface area contributed by atoms with E-state index in [4.69, 9.17) is 21.1 Å². The van der Waals surface area contributed by atoms with Gasteiger partial charge in [0.15, 0.2) is 11.5 Å². The number of amides is 1. The van der Waals surface area contributed by atoms with Gasteiger partial charge in [0.25, 0.3) is 5.91 Å². The molecule has 1 amide bonds. The maximum absolute atomic E-state index is 12.0. The molecule has 9 heteroatoms. The Labute approximate surface area is 166 Å². The third kappa shape index (κ3) is 4.34. The number of carboxylic acids is 1. The minimum absolute atomic E-state index is 0. The van der Waals surface area contributed by atoms with Crippen molar-refractivity contribution in [3.05, 3.63) is 22.7 Å². The van der Waals surface area contributed by atoms with E-state index in [-0.39, 0.29) is 47.2 Å². The first-order chi connectivity index (χ1) is 10.6. The number of hydrogen-bond acceptors (Lipinski definition) is 6. The number of benzene rings is 1. The number of carboxylic acid groups (broad SMARTS) is 1. The van der Waals surface area contributed by atoms with E-state index < -0.39 is 17.3 Å². The van der Waals surface area contributed by atoms with Gasteiger partial charge in [-0.25, -0.2) is 5.06 Å². The third-order valence-corrected chi connectivity index (χ3v) is 3.87. The van der Waals surface area contributed by atoms with Crippen LogP contribution in [0.2, 0.25) is 5.02 Å². The van der Waals surface area contributed by atoms with E-state index in [1.165, 1.54) is 6.07 Å². The topological polar surface area (TPSA) is 99.1 Å². The van der Waals surface area contributed by atoms with Crippen LogP contribution in [0.4, 0.5) is 0 Å². The number of aliphatic carboxylic acids is 1. The molecule has 1 aromatic rings. The Hall–Kier alpha value is -0.990. The van der Waals surface area contributed by atoms with Crippen molar-refractivity contribution >= 4 is 23.5 Å². The Kier molecular flexibility index (Phi) is 6.95. The van der Waals surface area contributed by atoms with E-state index in [0.717, 1.165) is 13.8 Å². The van der Waals surface area contributed by atoms with Crippen molar-refractivity contribution in [1.82, 2.24) is 5.06 Å². The summed E-state index contributed by atoms with van der Waals surface area (Å²) in [6, 6.07) is 3.08. The number of halogens is 1. The second-order valence-electron chi connectivity index (χ2n) is 5.91. The number of fused-ring (bicyclic) bond motifs is 1. The molecule has 1 unspecified atom stereocenters. The van der Waals surface area contributed by atoms with Gasteiger partial charge < -0.3 is 19.4 Å². The van der Waals surface area contributed by atoms with E-state index in [2.05, 4.69) is 0 Å². The number of ether oxygens (including phenoxy) is 2. The number of rotatable bonds is 4. The summed E-state index contributed by atoms with van der Waals surface area (Å²) in [5.41, 5.74) is -1.46. The molecule has 2 rings (SSSR count). The molecule has 1 aliphatic heterocycles. The van der Waals surface area contributed by atoms with Gasteiger partial charge in [0.2, 0.25) is 0 Å². The SMILES string of the molecule is CC1COc2cc(Cl)c(CN(O)C(=O)C(C)(C)C(=O)[O-])cc2O1.[Na+]. The van der Waals surface area contributed by atoms with E-state index in [9.17, 15) is 19.9 Å². The second-order valence-corrected chi connectivity index (χ2v) is 6.31. The average molecular weight is 366 g/mol. The molecule has 0 spiro atoms. The number of hydroxylamine groups is 2. The minimum Gasteiger partial charge on any atom is -0.549 e. The fourth-order valence-electron chi connectivity index (χ4n) is 2.00. The van der Waals surface area contributed by atoms with Crippen molar-refractivity contribution in [3.8, 4) is 11.5 Å². The fraction of sp³-hybridized carbons (Fsp3) is 0.467. The maximum atomic E-state index is 12.0. The molecular weight excluding hydrogens is 349 g/mol. The Balaban J connectivity index is 0.00000288. The average Bonchev–Trinajstić information content (AvgIpc) is 2.47. The van der Waals surface area contributed by atoms with Crippen molar-refractivity contribution in [2.24, 2.45) is 5.41 Å². The van der Waals surface area contributed by atoms with Crippen LogP contribution in [0, 0.1) is 5.41 Å². The van der Waals surface area contributed by atoms with Crippen LogP contribution in [0.3, 0.4) is 0 Å². The molecule has 0 aromatic heterocycles. The van der Waals surface area contributed by atoms with Crippen LogP contribution in [0.1, 0.15) is 26.3 Å². The Morgan fingerprint density at radius 2 is 2.04 bits per heavy atom. The number of carbonyl (C=O) groups excluding carboxylic acids is 2. The van der Waals surface area contributed by atoms with Crippen molar-refractivity contribution in [3.63, 3.8) is 0 Å². The zero-order valence-electron chi connectivity index (χ0n) is 14.0. The van der Waals surface area contributed by atoms with Crippen LogP contribution in [0.25, 0.3) is 0 Å². The quantitative estimate of drug-likeness (QED) is 0.287. The van der Waals surface area contributed by atoms with E-state index in [1.54, 1.807) is 6.07 Å². The normalized spacial score (nSPS) is 16.1. The van der Waals surface area contributed by atoms with Gasteiger partial charge in [0.05, 0.1) is 17.9 Å². The van der Waals surface area contributed by atoms with E-state index in [0.29, 0.717) is 28.7 Å². The van der Waals surface area contributed by atoms with Crippen molar-refractivity contribution < 1.29 is 58.9 Å². The first-order valence-corrected chi connectivity index (χ1v) is 7.35. The Bertz CT molecular complexity index is 651. The van der Waals surface area contributed by atoms with E-state index in [1.807, 2.05) is 6.92 Å². The summed E-state index contributed by atoms with van der Waals surface area (Å²) in [6.07, 6.45) is -0.139. The van der Waals surface area contributed by atoms with Gasteiger partial charge in [-0.1, -0.05) is 11.6 Å². The molecule has 126 valence electrons. The summed E-state index contributed by atoms with van der Waals surface area (Å²) < 4.78 is 11.1. The van der Waals surface area contributed by atoms with Gasteiger partial charge >= 0.3 is 29.6 Å². The van der Waals surface area contributed by atoms with Gasteiger partial charge in [0, 0.05) is 11.1 Å². The molecule has 7 nitrogen and oxygen atoms in total. The van der Waals surface area contributed by atoms with Crippen molar-refractivity contribution in [2.45, 2.75) is 33.4 Å². The number of carbonyl (C=O) groups is 2. The first kappa shape index (κ1) is 21.1. The molecule has 0 radical (unpaired) electrons. The van der Waals surface area contributed by atoms with Crippen LogP contribution >= 0.6 is 11.6 Å². The molecule has 0 saturated carbocycles. The largest absolute Gasteiger partial charge is 1.00 e. The van der Waals surface area contributed by atoms with Gasteiger partial charge in [-0.05, 0) is 32.4 Å². The molecule has 0 fully saturated rings. The molecule has 1 heterocycles. The molecule has 1 aliphatic rings. The standard InChI is InChI=1S/C15H18ClNO6.Na/c1-8-7-22-11-5-10(16)9(4-12(11)23-8)6-17(21)13(18)15(2,3)14(19)20;/h4-5,8,21H,6-7H2,1-3H3,(H,19,20);/q;+1/p-1. The molecular formula is C15H17ClNNaO6. The van der Waals surface area contributed by atoms with Crippen LogP contribution in [0.15, 0.2) is 12.1 Å². The van der Waals surface area contributed by atoms with Gasteiger partial charge in [0.1, 0.15) is 12.7 Å². The minimum atomic E-state index is -1.86. The zero-order chi connectivity index (χ0) is 17.4. The summed E-state index contributed by atoms with van der Waals surface area (Å²) in [5.74, 6) is -1.66. The molecule has 1 N–H and O–H groups in total. The zero-order valence-corrected chi connectivity index (χ0v) is 16.7. The predicted octanol–water partition coefficient (Wildman–Crippen LogP) is -2.00. The summed E-state index contributed by atoms with van der Waals surface area (Å²) in [4.78, 5) is 23.0. The summed E-state index contributed by atoms with van der Waals surface area (Å²) in [5, 5.41) is 21.4. The molecule has 1 atom stereocenters. The summed E-state index contributed by atoms with van der Waals surface area (Å²) in [7, 11) is 0. The Morgan fingerprint density at radius 3 is 2.62 bits per heavy atom. The van der Waals surface area contributed by atoms with Crippen LogP contribution in [-0.4, -0.2) is 34.9 Å². The predicted molar refractivity (Wildman–Crippen MR) is 78.2 cm³/mol. The Morgan fingerprint density at radius 1 is 1.42 bits per heavy atom. The molecule has 0 aliphatic carbocycles. The van der Waals surface area contributed by atoms with Gasteiger partial charge in [-0.3, -0.25) is 10.0 Å². The van der Waals surface area contributed by atoms with Gasteiger partial charge in [-0.15, -0.1) is 0 Å². The van der Waals surface area contributed by atoms with Crippen LogP contribution in [-0.2, 0) is 16.1 Å². The smallest absolute Gasteiger partial charge is 0.549 e. The van der Waals surface area contributed by atoms with Crippen LogP contribution < -0.4 is 44.1 Å². The van der Waals surface area contributed by atoms with E-state index >= 15 is 0 Å². The third-order valence-electron chi connectivity index (χ3n) is 3.51. The number of nitrogens with zero attached hydrogens (tertiary/aromatic N) is 1. The van der Waals surface area contributed by atoms with Gasteiger partial charge in [-0.2, -0.15) is 0 Å². The number of hydrogen-bond donors (Lipinski definition) is 1. The molecule has 0 saturated heterocycles. The molecule has 0 bridgehead atoms. The molecule has 24 heavy (non-hydrogen) atoms. The van der Waals surface area contributed by atoms with Crippen LogP contribution in [0.5, 0.6) is 11.5 Å². The second kappa shape index (κ2) is 7.93. The monoisotopic (exact) mass is 365 g/mol. The van der Waals surface area contributed by atoms with Crippen molar-refractivity contribution in [1.29, 1.82) is 0 Å². The first-order valence-electron chi connectivity index (χ1n) is 6.97. The maximum Gasteiger partial charge on any atom is 1.00 e. The summed E-state index contributed by atoms with van der Waals surface area (Å²) >= 11 is 6.11. The summed E-state index contributed by atoms with van der Waals surface area (Å²) in [6.45, 7) is 4.25. The van der Waals surface area contributed by atoms with Crippen molar-refractivity contribution in [2.75, 3.05) is 6.61 Å². The fourth-order valence-corrected chi connectivity index (χ4v) is 2.22. The molecule has 1 aromatic carbocycles.